The number of aryl methyl sites for hydroxylation is 4. The molecule has 0 amide bonds. The molecular weight excluding hydrogens is 282 g/mol. The number of nitrogens with one attached hydrogen (secondary N) is 1. The van der Waals surface area contributed by atoms with E-state index >= 15 is 0 Å². The molecule has 1 aliphatic carbocycles. The number of thiocarbonyl (C=S) groups is 1. The molecule has 3 rings (SSSR count). The van der Waals surface area contributed by atoms with Crippen molar-refractivity contribution in [2.24, 2.45) is 12.8 Å². The average molecular weight is 301 g/mol. The van der Waals surface area contributed by atoms with Crippen LogP contribution in [0.4, 0.5) is 11.6 Å². The van der Waals surface area contributed by atoms with Crippen LogP contribution >= 0.6 is 12.2 Å². The first kappa shape index (κ1) is 14.0. The summed E-state index contributed by atoms with van der Waals surface area (Å²) in [6.07, 6.45) is 4.48. The largest absolute Gasteiger partial charge is 0.389 e. The first-order chi connectivity index (χ1) is 10.0. The van der Waals surface area contributed by atoms with E-state index in [9.17, 15) is 0 Å². The van der Waals surface area contributed by atoms with Crippen molar-refractivity contribution in [1.29, 1.82) is 0 Å². The van der Waals surface area contributed by atoms with Gasteiger partial charge in [0, 0.05) is 18.8 Å². The van der Waals surface area contributed by atoms with E-state index in [1.165, 1.54) is 18.4 Å². The van der Waals surface area contributed by atoms with Gasteiger partial charge in [-0.3, -0.25) is 4.68 Å². The van der Waals surface area contributed by atoms with Crippen molar-refractivity contribution in [3.63, 3.8) is 0 Å². The molecule has 2 aromatic rings. The minimum atomic E-state index is 0.372. The first-order valence-electron chi connectivity index (χ1n) is 7.15. The van der Waals surface area contributed by atoms with Gasteiger partial charge in [0.2, 0.25) is 0 Å². The van der Waals surface area contributed by atoms with E-state index in [1.807, 2.05) is 20.0 Å². The van der Waals surface area contributed by atoms with Crippen LogP contribution in [0.25, 0.3) is 0 Å². The molecule has 0 spiro atoms. The maximum Gasteiger partial charge on any atom is 0.142 e. The van der Waals surface area contributed by atoms with Gasteiger partial charge < -0.3 is 11.1 Å². The number of hydrogen-bond donors (Lipinski definition) is 2. The van der Waals surface area contributed by atoms with E-state index in [1.54, 1.807) is 4.68 Å². The molecular formula is C15H19N5S. The number of aromatic nitrogens is 3. The smallest absolute Gasteiger partial charge is 0.142 e. The van der Waals surface area contributed by atoms with Gasteiger partial charge in [-0.25, -0.2) is 4.98 Å². The van der Waals surface area contributed by atoms with Crippen molar-refractivity contribution in [3.05, 3.63) is 34.6 Å². The van der Waals surface area contributed by atoms with Crippen molar-refractivity contribution >= 4 is 28.8 Å². The van der Waals surface area contributed by atoms with Gasteiger partial charge in [0.05, 0.1) is 11.3 Å². The summed E-state index contributed by atoms with van der Waals surface area (Å²) in [5.41, 5.74) is 10.1. The van der Waals surface area contributed by atoms with E-state index in [2.05, 4.69) is 16.5 Å². The Morgan fingerprint density at radius 1 is 1.33 bits per heavy atom. The van der Waals surface area contributed by atoms with Crippen LogP contribution in [-0.4, -0.2) is 19.8 Å². The molecule has 0 bridgehead atoms. The molecule has 1 aliphatic rings. The highest BCUT2D eigenvalue weighted by atomic mass is 32.1. The Bertz CT molecular complexity index is 704. The standard InChI is InChI=1S/C15H19N5S/c1-9-7-13(20(2)19-9)18-15-11(14(16)21)8-10-5-3-4-6-12(10)17-15/h7-8H,3-6H2,1-2H3,(H2,16,21)(H,17,18). The molecule has 0 aromatic carbocycles. The van der Waals surface area contributed by atoms with Crippen molar-refractivity contribution in [3.8, 4) is 0 Å². The number of nitrogens with two attached hydrogens (primary N) is 1. The minimum Gasteiger partial charge on any atom is -0.389 e. The van der Waals surface area contributed by atoms with E-state index in [0.717, 1.165) is 41.4 Å². The van der Waals surface area contributed by atoms with Gasteiger partial charge in [-0.15, -0.1) is 0 Å². The van der Waals surface area contributed by atoms with Gasteiger partial charge in [-0.2, -0.15) is 5.10 Å². The van der Waals surface area contributed by atoms with Crippen LogP contribution < -0.4 is 11.1 Å². The maximum atomic E-state index is 5.87. The van der Waals surface area contributed by atoms with Crippen LogP contribution in [0.1, 0.15) is 35.4 Å². The second-order valence-electron chi connectivity index (χ2n) is 5.48. The number of rotatable bonds is 3. The van der Waals surface area contributed by atoms with E-state index < -0.39 is 0 Å². The Hall–Kier alpha value is -1.95. The second-order valence-corrected chi connectivity index (χ2v) is 5.92. The van der Waals surface area contributed by atoms with Gasteiger partial charge in [0.25, 0.3) is 0 Å². The summed E-state index contributed by atoms with van der Waals surface area (Å²) in [7, 11) is 1.90. The van der Waals surface area contributed by atoms with Gasteiger partial charge in [-0.1, -0.05) is 12.2 Å². The average Bonchev–Trinajstić information content (AvgIpc) is 2.76. The van der Waals surface area contributed by atoms with Crippen molar-refractivity contribution in [2.75, 3.05) is 5.32 Å². The lowest BCUT2D eigenvalue weighted by Gasteiger charge is -2.19. The summed E-state index contributed by atoms with van der Waals surface area (Å²) < 4.78 is 1.79. The minimum absolute atomic E-state index is 0.372. The van der Waals surface area contributed by atoms with Gasteiger partial charge in [-0.05, 0) is 44.2 Å². The first-order valence-corrected chi connectivity index (χ1v) is 7.55. The zero-order chi connectivity index (χ0) is 15.0. The van der Waals surface area contributed by atoms with Crippen molar-refractivity contribution in [1.82, 2.24) is 14.8 Å². The Morgan fingerprint density at radius 3 is 2.76 bits per heavy atom. The fraction of sp³-hybridized carbons (Fsp3) is 0.400. The summed E-state index contributed by atoms with van der Waals surface area (Å²) in [5.74, 6) is 1.61. The lowest BCUT2D eigenvalue weighted by atomic mass is 9.94. The zero-order valence-corrected chi connectivity index (χ0v) is 13.1. The predicted molar refractivity (Wildman–Crippen MR) is 88.0 cm³/mol. The zero-order valence-electron chi connectivity index (χ0n) is 12.3. The third-order valence-electron chi connectivity index (χ3n) is 3.81. The molecule has 21 heavy (non-hydrogen) atoms. The Labute approximate surface area is 129 Å². The van der Waals surface area contributed by atoms with Gasteiger partial charge >= 0.3 is 0 Å². The predicted octanol–water partition coefficient (Wildman–Crippen LogP) is 2.38. The summed E-state index contributed by atoms with van der Waals surface area (Å²) >= 11 is 5.18. The monoisotopic (exact) mass is 301 g/mol. The van der Waals surface area contributed by atoms with Crippen molar-refractivity contribution in [2.45, 2.75) is 32.6 Å². The van der Waals surface area contributed by atoms with E-state index in [0.29, 0.717) is 4.99 Å². The molecule has 0 unspecified atom stereocenters. The fourth-order valence-corrected chi connectivity index (χ4v) is 2.92. The summed E-state index contributed by atoms with van der Waals surface area (Å²) in [5, 5.41) is 7.65. The summed E-state index contributed by atoms with van der Waals surface area (Å²) in [6.45, 7) is 1.96. The van der Waals surface area contributed by atoms with Gasteiger partial charge in [0.1, 0.15) is 16.6 Å². The third-order valence-corrected chi connectivity index (χ3v) is 4.03. The fourth-order valence-electron chi connectivity index (χ4n) is 2.77. The number of pyridine rings is 1. The van der Waals surface area contributed by atoms with Crippen LogP contribution in [0.15, 0.2) is 12.1 Å². The highest BCUT2D eigenvalue weighted by Gasteiger charge is 2.17. The topological polar surface area (TPSA) is 68.8 Å². The highest BCUT2D eigenvalue weighted by Crippen LogP contribution is 2.26. The number of fused-ring (bicyclic) bond motifs is 1. The normalized spacial score (nSPS) is 13.8. The van der Waals surface area contributed by atoms with E-state index in [-0.39, 0.29) is 0 Å². The quantitative estimate of drug-likeness (QED) is 0.852. The Morgan fingerprint density at radius 2 is 2.10 bits per heavy atom. The molecule has 0 aliphatic heterocycles. The van der Waals surface area contributed by atoms with Crippen LogP contribution in [0, 0.1) is 6.92 Å². The molecule has 0 atom stereocenters. The molecule has 0 saturated carbocycles. The Balaban J connectivity index is 2.03. The molecule has 3 N–H and O–H groups in total. The molecule has 0 saturated heterocycles. The molecule has 6 heteroatoms. The third kappa shape index (κ3) is 2.76. The molecule has 110 valence electrons. The molecule has 2 heterocycles. The molecule has 0 radical (unpaired) electrons. The van der Waals surface area contributed by atoms with Crippen LogP contribution in [0.3, 0.4) is 0 Å². The van der Waals surface area contributed by atoms with E-state index in [4.69, 9.17) is 22.9 Å². The lowest BCUT2D eigenvalue weighted by molar-refractivity contribution is 0.668. The molecule has 5 nitrogen and oxygen atoms in total. The molecule has 2 aromatic heterocycles. The molecule has 0 fully saturated rings. The Kier molecular flexibility index (Phi) is 3.63. The highest BCUT2D eigenvalue weighted by molar-refractivity contribution is 7.80. The lowest BCUT2D eigenvalue weighted by Crippen LogP contribution is -2.17. The number of nitrogens with zero attached hydrogens (tertiary/aromatic N) is 3. The van der Waals surface area contributed by atoms with Crippen molar-refractivity contribution < 1.29 is 0 Å². The van der Waals surface area contributed by atoms with Crippen LogP contribution in [0.2, 0.25) is 0 Å². The van der Waals surface area contributed by atoms with Crippen LogP contribution in [-0.2, 0) is 19.9 Å². The SMILES string of the molecule is Cc1cc(Nc2nc3c(cc2C(N)=S)CCCC3)n(C)n1. The van der Waals surface area contributed by atoms with Crippen LogP contribution in [0.5, 0.6) is 0 Å². The number of hydrogen-bond acceptors (Lipinski definition) is 4. The number of anilines is 2. The summed E-state index contributed by atoms with van der Waals surface area (Å²) in [4.78, 5) is 5.13. The second kappa shape index (κ2) is 5.44. The summed E-state index contributed by atoms with van der Waals surface area (Å²) in [6, 6.07) is 4.07. The maximum absolute atomic E-state index is 5.87. The van der Waals surface area contributed by atoms with Gasteiger partial charge in [0.15, 0.2) is 0 Å².